The molecule has 8 nitrogen and oxygen atoms in total. The number of aliphatic hydroxyl groups excluding tert-OH is 1. The number of rotatable bonds is 17. The topological polar surface area (TPSA) is 90.4 Å². The van der Waals surface area contributed by atoms with Crippen LogP contribution in [0.1, 0.15) is 51.5 Å². The van der Waals surface area contributed by atoms with Crippen LogP contribution in [-0.4, -0.2) is 87.6 Å². The SMILES string of the molecule is C=CCN(CCCCC)C(=O)C1N([C@@H](CO)Cc2ccccc2)C(=O)[C@@H]2[C@H](C(=O)N(CC=C)c3ccc(OCC)cc3)[C@@H]3CCC12S3. The zero-order chi connectivity index (χ0) is 33.6. The van der Waals surface area contributed by atoms with Gasteiger partial charge < -0.3 is 24.5 Å². The lowest BCUT2D eigenvalue weighted by atomic mass is 9.70. The Morgan fingerprint density at radius 3 is 2.43 bits per heavy atom. The van der Waals surface area contributed by atoms with E-state index in [1.165, 1.54) is 0 Å². The Hall–Kier alpha value is -3.56. The summed E-state index contributed by atoms with van der Waals surface area (Å²) in [6.45, 7) is 13.4. The first-order valence-electron chi connectivity index (χ1n) is 17.0. The van der Waals surface area contributed by atoms with Crippen LogP contribution >= 0.6 is 11.8 Å². The van der Waals surface area contributed by atoms with Crippen molar-refractivity contribution in [3.8, 4) is 5.75 Å². The highest BCUT2D eigenvalue weighted by molar-refractivity contribution is 8.02. The largest absolute Gasteiger partial charge is 0.494 e. The summed E-state index contributed by atoms with van der Waals surface area (Å²) >= 11 is 1.66. The van der Waals surface area contributed by atoms with E-state index in [1.54, 1.807) is 33.7 Å². The van der Waals surface area contributed by atoms with Crippen LogP contribution in [0.25, 0.3) is 0 Å². The Kier molecular flexibility index (Phi) is 11.5. The van der Waals surface area contributed by atoms with Crippen molar-refractivity contribution >= 4 is 35.2 Å². The molecule has 0 aliphatic carbocycles. The van der Waals surface area contributed by atoms with Gasteiger partial charge >= 0.3 is 0 Å². The predicted molar refractivity (Wildman–Crippen MR) is 188 cm³/mol. The van der Waals surface area contributed by atoms with E-state index in [4.69, 9.17) is 4.74 Å². The molecule has 0 aromatic heterocycles. The molecule has 5 rings (SSSR count). The number of carbonyl (C=O) groups is 3. The Bertz CT molecular complexity index is 1420. The molecular weight excluding hydrogens is 611 g/mol. The fourth-order valence-electron chi connectivity index (χ4n) is 7.88. The van der Waals surface area contributed by atoms with Crippen LogP contribution in [0.5, 0.6) is 5.75 Å². The number of amides is 3. The molecule has 2 unspecified atom stereocenters. The minimum absolute atomic E-state index is 0.0847. The van der Waals surface area contributed by atoms with Crippen molar-refractivity contribution in [1.82, 2.24) is 9.80 Å². The highest BCUT2D eigenvalue weighted by Crippen LogP contribution is 2.67. The van der Waals surface area contributed by atoms with Crippen LogP contribution in [-0.2, 0) is 20.8 Å². The molecule has 2 bridgehead atoms. The molecule has 3 aliphatic heterocycles. The summed E-state index contributed by atoms with van der Waals surface area (Å²) < 4.78 is 4.86. The highest BCUT2D eigenvalue weighted by atomic mass is 32.2. The minimum atomic E-state index is -0.784. The van der Waals surface area contributed by atoms with E-state index in [0.29, 0.717) is 44.8 Å². The lowest BCUT2D eigenvalue weighted by Gasteiger charge is -2.40. The Labute approximate surface area is 283 Å². The zero-order valence-electron chi connectivity index (χ0n) is 27.8. The van der Waals surface area contributed by atoms with Crippen molar-refractivity contribution in [2.24, 2.45) is 11.8 Å². The van der Waals surface area contributed by atoms with Crippen molar-refractivity contribution < 1.29 is 24.2 Å². The van der Waals surface area contributed by atoms with Crippen LogP contribution in [0.4, 0.5) is 5.69 Å². The third kappa shape index (κ3) is 6.74. The molecule has 9 heteroatoms. The molecule has 3 aliphatic rings. The number of ether oxygens (including phenoxy) is 1. The summed E-state index contributed by atoms with van der Waals surface area (Å²) in [5, 5.41) is 10.7. The fraction of sp³-hybridized carbons (Fsp3) is 0.500. The Morgan fingerprint density at radius 2 is 1.79 bits per heavy atom. The van der Waals surface area contributed by atoms with Crippen LogP contribution in [0, 0.1) is 11.8 Å². The van der Waals surface area contributed by atoms with Gasteiger partial charge in [-0.15, -0.1) is 24.9 Å². The third-order valence-electron chi connectivity index (χ3n) is 9.91. The van der Waals surface area contributed by atoms with Gasteiger partial charge in [-0.05, 0) is 62.4 Å². The third-order valence-corrected chi connectivity index (χ3v) is 11.9. The van der Waals surface area contributed by atoms with Gasteiger partial charge in [-0.25, -0.2) is 0 Å². The quantitative estimate of drug-likeness (QED) is 0.178. The second kappa shape index (κ2) is 15.6. The molecule has 3 saturated heterocycles. The number of hydrogen-bond donors (Lipinski definition) is 1. The molecule has 0 radical (unpaired) electrons. The van der Waals surface area contributed by atoms with Gasteiger partial charge in [0.1, 0.15) is 11.8 Å². The molecule has 252 valence electrons. The highest BCUT2D eigenvalue weighted by Gasteiger charge is 2.74. The summed E-state index contributed by atoms with van der Waals surface area (Å²) in [5.74, 6) is -1.00. The van der Waals surface area contributed by atoms with E-state index in [-0.39, 0.29) is 29.6 Å². The van der Waals surface area contributed by atoms with E-state index >= 15 is 0 Å². The molecule has 1 spiro atoms. The number of hydrogen-bond acceptors (Lipinski definition) is 6. The Balaban J connectivity index is 1.54. The molecule has 6 atom stereocenters. The van der Waals surface area contributed by atoms with E-state index < -0.39 is 28.7 Å². The van der Waals surface area contributed by atoms with Gasteiger partial charge in [-0.3, -0.25) is 14.4 Å². The molecule has 2 aromatic carbocycles. The van der Waals surface area contributed by atoms with Gasteiger partial charge in [0.05, 0.1) is 35.8 Å². The predicted octanol–water partition coefficient (Wildman–Crippen LogP) is 5.50. The van der Waals surface area contributed by atoms with Crippen LogP contribution < -0.4 is 9.64 Å². The maximum atomic E-state index is 14.9. The van der Waals surface area contributed by atoms with Crippen molar-refractivity contribution in [2.75, 3.05) is 37.7 Å². The normalized spacial score (nSPS) is 24.9. The van der Waals surface area contributed by atoms with Gasteiger partial charge in [-0.2, -0.15) is 0 Å². The number of likely N-dealkylation sites (tertiary alicyclic amines) is 1. The van der Waals surface area contributed by atoms with Gasteiger partial charge in [-0.1, -0.05) is 62.2 Å². The van der Waals surface area contributed by atoms with Crippen LogP contribution in [0.3, 0.4) is 0 Å². The first kappa shape index (κ1) is 34.8. The summed E-state index contributed by atoms with van der Waals surface area (Å²) in [6.07, 6.45) is 8.14. The van der Waals surface area contributed by atoms with Crippen molar-refractivity contribution in [1.29, 1.82) is 0 Å². The standard InChI is InChI=1S/C38H49N3O5S/c1-5-9-13-24-39(22-6-2)37(45)34-38-21-20-31(47-38)32(35(43)40(23-7-3)28-16-18-30(19-17-28)46-8-4)33(38)36(44)41(34)29(26-42)25-27-14-11-10-12-15-27/h6-7,10-12,14-19,29,31-34,42H,2-3,5,8-9,13,20-26H2,1,4H3/t29-,31+,32-,33+,34?,38?/m1/s1. The molecule has 2 aromatic rings. The van der Waals surface area contributed by atoms with E-state index in [1.807, 2.05) is 66.4 Å². The van der Waals surface area contributed by atoms with Crippen molar-refractivity contribution in [3.63, 3.8) is 0 Å². The maximum Gasteiger partial charge on any atom is 0.247 e. The summed E-state index contributed by atoms with van der Waals surface area (Å²) in [4.78, 5) is 49.5. The number of unbranched alkanes of at least 4 members (excludes halogenated alkanes) is 2. The van der Waals surface area contributed by atoms with Gasteiger partial charge in [0.2, 0.25) is 17.7 Å². The fourth-order valence-corrected chi connectivity index (χ4v) is 10.1. The maximum absolute atomic E-state index is 14.9. The second-order valence-corrected chi connectivity index (χ2v) is 14.4. The van der Waals surface area contributed by atoms with Crippen LogP contribution in [0.2, 0.25) is 0 Å². The number of nitrogens with zero attached hydrogens (tertiary/aromatic N) is 3. The average Bonchev–Trinajstić information content (AvgIpc) is 3.73. The molecule has 1 N–H and O–H groups in total. The van der Waals surface area contributed by atoms with E-state index in [2.05, 4.69) is 20.1 Å². The van der Waals surface area contributed by atoms with Gasteiger partial charge in [0.15, 0.2) is 0 Å². The average molecular weight is 660 g/mol. The second-order valence-electron chi connectivity index (χ2n) is 12.8. The van der Waals surface area contributed by atoms with Crippen molar-refractivity contribution in [3.05, 3.63) is 85.5 Å². The van der Waals surface area contributed by atoms with Crippen LogP contribution in [0.15, 0.2) is 79.9 Å². The molecule has 3 amide bonds. The van der Waals surface area contributed by atoms with Crippen molar-refractivity contribution in [2.45, 2.75) is 74.5 Å². The summed E-state index contributed by atoms with van der Waals surface area (Å²) in [7, 11) is 0. The number of fused-ring (bicyclic) bond motifs is 1. The number of aliphatic hydroxyl groups is 1. The first-order chi connectivity index (χ1) is 22.8. The lowest BCUT2D eigenvalue weighted by molar-refractivity contribution is -0.145. The molecular formula is C38H49N3O5S. The van der Waals surface area contributed by atoms with E-state index in [9.17, 15) is 19.5 Å². The number of benzene rings is 2. The monoisotopic (exact) mass is 659 g/mol. The number of anilines is 1. The molecule has 0 saturated carbocycles. The lowest BCUT2D eigenvalue weighted by Crippen LogP contribution is -2.58. The zero-order valence-corrected chi connectivity index (χ0v) is 28.6. The number of thioether (sulfide) groups is 1. The number of carbonyl (C=O) groups excluding carboxylic acids is 3. The summed E-state index contributed by atoms with van der Waals surface area (Å²) in [5.41, 5.74) is 1.68. The molecule has 47 heavy (non-hydrogen) atoms. The molecule has 3 fully saturated rings. The molecule has 3 heterocycles. The smallest absolute Gasteiger partial charge is 0.247 e. The van der Waals surface area contributed by atoms with Gasteiger partial charge in [0, 0.05) is 30.6 Å². The minimum Gasteiger partial charge on any atom is -0.494 e. The van der Waals surface area contributed by atoms with Gasteiger partial charge in [0.25, 0.3) is 0 Å². The Morgan fingerprint density at radius 1 is 1.06 bits per heavy atom. The van der Waals surface area contributed by atoms with E-state index in [0.717, 1.165) is 37.0 Å². The summed E-state index contributed by atoms with van der Waals surface area (Å²) in [6, 6.07) is 15.8. The first-order valence-corrected chi connectivity index (χ1v) is 17.9.